The molecule has 0 radical (unpaired) electrons. The van der Waals surface area contributed by atoms with E-state index in [1.165, 1.54) is 25.0 Å². The van der Waals surface area contributed by atoms with Crippen molar-refractivity contribution in [3.05, 3.63) is 36.4 Å². The second-order valence-corrected chi connectivity index (χ2v) is 8.92. The Kier molecular flexibility index (Phi) is 10.7. The summed E-state index contributed by atoms with van der Waals surface area (Å²) in [6.45, 7) is 3.68. The Bertz CT molecular complexity index is 1060. The van der Waals surface area contributed by atoms with Crippen molar-refractivity contribution in [2.75, 3.05) is 0 Å². The lowest BCUT2D eigenvalue weighted by Gasteiger charge is -2.25. The molecule has 0 spiro atoms. The Labute approximate surface area is 212 Å². The van der Waals surface area contributed by atoms with E-state index < -0.39 is 60.2 Å². The Balaban J connectivity index is 2.16. The van der Waals surface area contributed by atoms with E-state index in [2.05, 4.69) is 35.9 Å². The number of carboxylic acids is 2. The predicted molar refractivity (Wildman–Crippen MR) is 128 cm³/mol. The highest BCUT2D eigenvalue weighted by atomic mass is 16.4. The van der Waals surface area contributed by atoms with Crippen molar-refractivity contribution in [1.29, 1.82) is 0 Å². The van der Waals surface area contributed by atoms with Crippen LogP contribution in [0.4, 0.5) is 0 Å². The quantitative estimate of drug-likeness (QED) is 0.132. The molecule has 3 amide bonds. The number of nitrogens with one attached hydrogen (secondary N) is 5. The van der Waals surface area contributed by atoms with E-state index in [0.717, 1.165) is 0 Å². The summed E-state index contributed by atoms with van der Waals surface area (Å²) in [6.07, 6.45) is 5.19. The fourth-order valence-corrected chi connectivity index (χ4v) is 3.45. The average molecular weight is 521 g/mol. The van der Waals surface area contributed by atoms with Gasteiger partial charge in [0.25, 0.3) is 0 Å². The summed E-state index contributed by atoms with van der Waals surface area (Å²) in [5.74, 6) is -5.18. The molecular weight excluding hydrogens is 488 g/mol. The topological polar surface area (TPSA) is 245 Å². The molecule has 2 heterocycles. The van der Waals surface area contributed by atoms with Gasteiger partial charge in [0.2, 0.25) is 17.7 Å². The largest absolute Gasteiger partial charge is 0.481 e. The molecular formula is C22H32N8O7. The molecule has 0 saturated carbocycles. The van der Waals surface area contributed by atoms with Crippen LogP contribution < -0.4 is 21.7 Å². The van der Waals surface area contributed by atoms with Gasteiger partial charge in [-0.25, -0.2) is 14.8 Å². The summed E-state index contributed by atoms with van der Waals surface area (Å²) < 4.78 is 0. The molecule has 9 N–H and O–H groups in total. The minimum Gasteiger partial charge on any atom is -0.481 e. The summed E-state index contributed by atoms with van der Waals surface area (Å²) in [5, 5.41) is 25.5. The fraction of sp³-hybridized carbons (Fsp3) is 0.500. The van der Waals surface area contributed by atoms with Crippen LogP contribution in [-0.4, -0.2) is 84.0 Å². The number of aromatic amines is 2. The molecule has 0 saturated heterocycles. The molecule has 0 bridgehead atoms. The number of nitrogens with two attached hydrogens (primary N) is 1. The zero-order valence-corrected chi connectivity index (χ0v) is 20.4. The number of carbonyl (C=O) groups excluding carboxylic acids is 3. The third-order valence-corrected chi connectivity index (χ3v) is 5.28. The van der Waals surface area contributed by atoms with Gasteiger partial charge in [-0.05, 0) is 12.3 Å². The number of carbonyl (C=O) groups is 5. The molecule has 0 aliphatic carbocycles. The zero-order chi connectivity index (χ0) is 27.5. The molecule has 15 nitrogen and oxygen atoms in total. The molecule has 0 aliphatic rings. The molecule has 2 rings (SSSR count). The molecule has 2 aromatic rings. The van der Waals surface area contributed by atoms with Gasteiger partial charge in [0.15, 0.2) is 0 Å². The van der Waals surface area contributed by atoms with Gasteiger partial charge < -0.3 is 41.9 Å². The number of hydrogen-bond acceptors (Lipinski definition) is 8. The van der Waals surface area contributed by atoms with Gasteiger partial charge in [-0.15, -0.1) is 0 Å². The van der Waals surface area contributed by atoms with Gasteiger partial charge in [0, 0.05) is 36.6 Å². The number of carboxylic acid groups (broad SMARTS) is 2. The highest BCUT2D eigenvalue weighted by Gasteiger charge is 2.32. The first-order chi connectivity index (χ1) is 17.5. The number of amides is 3. The lowest BCUT2D eigenvalue weighted by molar-refractivity contribution is -0.147. The van der Waals surface area contributed by atoms with Crippen molar-refractivity contribution < 1.29 is 34.2 Å². The number of nitrogens with zero attached hydrogens (tertiary/aromatic N) is 2. The van der Waals surface area contributed by atoms with Gasteiger partial charge in [-0.2, -0.15) is 0 Å². The minimum absolute atomic E-state index is 0.0216. The van der Waals surface area contributed by atoms with E-state index in [1.807, 2.05) is 13.8 Å². The van der Waals surface area contributed by atoms with E-state index in [4.69, 9.17) is 10.8 Å². The molecule has 0 aromatic carbocycles. The lowest BCUT2D eigenvalue weighted by Crippen LogP contribution is -2.58. The van der Waals surface area contributed by atoms with Gasteiger partial charge in [0.05, 0.1) is 25.1 Å². The highest BCUT2D eigenvalue weighted by molar-refractivity contribution is 5.94. The standard InChI is InChI=1S/C22H32N8O7/c1-11(2)3-15(28-19(33)14(23)4-12-7-24-9-26-12)20(34)29-16(5-13-8-25-10-27-13)21(35)30-17(22(36)37)6-18(31)32/h7-11,14-17H,3-6,23H2,1-2H3,(H,24,26)(H,25,27)(H,28,33)(H,29,34)(H,30,35)(H,31,32)(H,36,37). The van der Waals surface area contributed by atoms with Crippen LogP contribution in [0.2, 0.25) is 0 Å². The van der Waals surface area contributed by atoms with Crippen molar-refractivity contribution in [1.82, 2.24) is 35.9 Å². The molecule has 0 fully saturated rings. The number of rotatable bonds is 15. The minimum atomic E-state index is -1.71. The first kappa shape index (κ1) is 29.0. The Morgan fingerprint density at radius 1 is 0.838 bits per heavy atom. The molecule has 4 atom stereocenters. The van der Waals surface area contributed by atoms with E-state index in [-0.39, 0.29) is 25.2 Å². The van der Waals surface area contributed by atoms with Crippen LogP contribution in [0.3, 0.4) is 0 Å². The van der Waals surface area contributed by atoms with Crippen molar-refractivity contribution in [3.63, 3.8) is 0 Å². The van der Waals surface area contributed by atoms with Gasteiger partial charge in [-0.1, -0.05) is 13.8 Å². The molecule has 202 valence electrons. The SMILES string of the molecule is CC(C)CC(NC(=O)C(N)Cc1cnc[nH]1)C(=O)NC(Cc1cnc[nH]1)C(=O)NC(CC(=O)O)C(=O)O. The van der Waals surface area contributed by atoms with Crippen LogP contribution in [-0.2, 0) is 36.8 Å². The van der Waals surface area contributed by atoms with Crippen molar-refractivity contribution >= 4 is 29.7 Å². The zero-order valence-electron chi connectivity index (χ0n) is 20.4. The monoisotopic (exact) mass is 520 g/mol. The fourth-order valence-electron chi connectivity index (χ4n) is 3.45. The Morgan fingerprint density at radius 2 is 1.35 bits per heavy atom. The average Bonchev–Trinajstić information content (AvgIpc) is 3.51. The van der Waals surface area contributed by atoms with Crippen LogP contribution in [0.15, 0.2) is 25.0 Å². The summed E-state index contributed by atoms with van der Waals surface area (Å²) in [4.78, 5) is 74.6. The molecule has 2 aromatic heterocycles. The second-order valence-electron chi connectivity index (χ2n) is 8.92. The maximum absolute atomic E-state index is 13.2. The third-order valence-electron chi connectivity index (χ3n) is 5.28. The number of hydrogen-bond donors (Lipinski definition) is 8. The number of aliphatic carboxylic acids is 2. The molecule has 4 unspecified atom stereocenters. The smallest absolute Gasteiger partial charge is 0.326 e. The maximum Gasteiger partial charge on any atom is 0.326 e. The van der Waals surface area contributed by atoms with Gasteiger partial charge in [0.1, 0.15) is 18.1 Å². The molecule has 0 aliphatic heterocycles. The van der Waals surface area contributed by atoms with Crippen LogP contribution in [0.1, 0.15) is 38.1 Å². The normalized spacial score (nSPS) is 14.3. The summed E-state index contributed by atoms with van der Waals surface area (Å²) in [6, 6.07) is -5.03. The number of H-pyrrole nitrogens is 2. The summed E-state index contributed by atoms with van der Waals surface area (Å²) >= 11 is 0. The third kappa shape index (κ3) is 9.71. The van der Waals surface area contributed by atoms with Crippen LogP contribution >= 0.6 is 0 Å². The van der Waals surface area contributed by atoms with Crippen LogP contribution in [0, 0.1) is 5.92 Å². The van der Waals surface area contributed by atoms with Gasteiger partial charge >= 0.3 is 11.9 Å². The summed E-state index contributed by atoms with van der Waals surface area (Å²) in [7, 11) is 0. The molecule has 37 heavy (non-hydrogen) atoms. The Morgan fingerprint density at radius 3 is 1.84 bits per heavy atom. The van der Waals surface area contributed by atoms with Crippen LogP contribution in [0.25, 0.3) is 0 Å². The van der Waals surface area contributed by atoms with Crippen molar-refractivity contribution in [2.45, 2.75) is 63.7 Å². The second kappa shape index (κ2) is 13.7. The van der Waals surface area contributed by atoms with E-state index in [9.17, 15) is 29.1 Å². The maximum atomic E-state index is 13.2. The van der Waals surface area contributed by atoms with E-state index >= 15 is 0 Å². The predicted octanol–water partition coefficient (Wildman–Crippen LogP) is -1.69. The Hall–Kier alpha value is -4.27. The number of imidazole rings is 2. The summed E-state index contributed by atoms with van der Waals surface area (Å²) in [5.41, 5.74) is 7.07. The highest BCUT2D eigenvalue weighted by Crippen LogP contribution is 2.08. The van der Waals surface area contributed by atoms with E-state index in [1.54, 1.807) is 0 Å². The lowest BCUT2D eigenvalue weighted by atomic mass is 10.0. The number of aromatic nitrogens is 4. The first-order valence-electron chi connectivity index (χ1n) is 11.5. The van der Waals surface area contributed by atoms with Crippen molar-refractivity contribution in [2.24, 2.45) is 11.7 Å². The first-order valence-corrected chi connectivity index (χ1v) is 11.5. The van der Waals surface area contributed by atoms with Crippen molar-refractivity contribution in [3.8, 4) is 0 Å². The van der Waals surface area contributed by atoms with Gasteiger partial charge in [-0.3, -0.25) is 19.2 Å². The van der Waals surface area contributed by atoms with Crippen LogP contribution in [0.5, 0.6) is 0 Å². The van der Waals surface area contributed by atoms with E-state index in [0.29, 0.717) is 11.4 Å². The molecule has 15 heteroatoms.